The summed E-state index contributed by atoms with van der Waals surface area (Å²) in [6.45, 7) is 3.06. The molecule has 0 bridgehead atoms. The van der Waals surface area contributed by atoms with Crippen molar-refractivity contribution < 1.29 is 24.2 Å². The SMILES string of the molecule is CCn1cc(/C=C(\NC(=O)c2ccc(OC)c(OC)c2)C(=O)NCCCO)c2ccccc21. The van der Waals surface area contributed by atoms with E-state index in [0.29, 0.717) is 23.5 Å². The molecule has 0 aliphatic heterocycles. The van der Waals surface area contributed by atoms with E-state index in [4.69, 9.17) is 14.6 Å². The van der Waals surface area contributed by atoms with Gasteiger partial charge >= 0.3 is 0 Å². The maximum Gasteiger partial charge on any atom is 0.267 e. The molecule has 0 atom stereocenters. The standard InChI is InChI=1S/C25H29N3O5/c1-4-28-16-18(19-8-5-6-9-21(19)28)14-20(25(31)26-12-7-13-29)27-24(30)17-10-11-22(32-2)23(15-17)33-3/h5-6,8-11,14-16,29H,4,7,12-13H2,1-3H3,(H,26,31)(H,27,30)/b20-14-. The number of rotatable bonds is 10. The number of ether oxygens (including phenoxy) is 2. The van der Waals surface area contributed by atoms with Crippen molar-refractivity contribution >= 4 is 28.8 Å². The van der Waals surface area contributed by atoms with Crippen molar-refractivity contribution in [3.8, 4) is 11.5 Å². The van der Waals surface area contributed by atoms with Crippen LogP contribution in [0.5, 0.6) is 11.5 Å². The molecule has 2 amide bonds. The van der Waals surface area contributed by atoms with E-state index >= 15 is 0 Å². The smallest absolute Gasteiger partial charge is 0.267 e. The van der Waals surface area contributed by atoms with Crippen LogP contribution in [0.3, 0.4) is 0 Å². The van der Waals surface area contributed by atoms with Crippen LogP contribution in [0, 0.1) is 0 Å². The number of nitrogens with one attached hydrogen (secondary N) is 2. The molecule has 3 rings (SSSR count). The van der Waals surface area contributed by atoms with E-state index in [2.05, 4.69) is 15.2 Å². The monoisotopic (exact) mass is 451 g/mol. The van der Waals surface area contributed by atoms with Crippen molar-refractivity contribution in [1.29, 1.82) is 0 Å². The van der Waals surface area contributed by atoms with Crippen LogP contribution in [0.15, 0.2) is 54.4 Å². The molecule has 8 nitrogen and oxygen atoms in total. The molecule has 0 aliphatic rings. The number of benzene rings is 2. The van der Waals surface area contributed by atoms with Gasteiger partial charge in [-0.25, -0.2) is 0 Å². The van der Waals surface area contributed by atoms with Gasteiger partial charge in [0.05, 0.1) is 14.2 Å². The fourth-order valence-corrected chi connectivity index (χ4v) is 3.51. The molecular formula is C25H29N3O5. The number of aryl methyl sites for hydroxylation is 1. The molecule has 1 aromatic heterocycles. The number of hydrogen-bond acceptors (Lipinski definition) is 5. The fraction of sp³-hybridized carbons (Fsp3) is 0.280. The minimum absolute atomic E-state index is 0.0404. The minimum Gasteiger partial charge on any atom is -0.493 e. The molecule has 0 fully saturated rings. The normalized spacial score (nSPS) is 11.3. The van der Waals surface area contributed by atoms with Gasteiger partial charge in [-0.2, -0.15) is 0 Å². The maximum absolute atomic E-state index is 13.0. The van der Waals surface area contributed by atoms with E-state index in [1.54, 1.807) is 24.3 Å². The first-order chi connectivity index (χ1) is 16.0. The van der Waals surface area contributed by atoms with E-state index in [1.807, 2.05) is 37.4 Å². The summed E-state index contributed by atoms with van der Waals surface area (Å²) in [5.41, 5.74) is 2.27. The number of aliphatic hydroxyl groups excluding tert-OH is 1. The van der Waals surface area contributed by atoms with Crippen LogP contribution in [0.4, 0.5) is 0 Å². The Hall–Kier alpha value is -3.78. The Labute approximate surface area is 192 Å². The Kier molecular flexibility index (Phi) is 8.10. The number of amides is 2. The summed E-state index contributed by atoms with van der Waals surface area (Å²) in [6, 6.07) is 12.7. The first-order valence-corrected chi connectivity index (χ1v) is 10.7. The average molecular weight is 452 g/mol. The number of methoxy groups -OCH3 is 2. The van der Waals surface area contributed by atoms with Gasteiger partial charge in [0.2, 0.25) is 0 Å². The lowest BCUT2D eigenvalue weighted by Crippen LogP contribution is -2.35. The lowest BCUT2D eigenvalue weighted by Gasteiger charge is -2.12. The molecule has 3 N–H and O–H groups in total. The number of aromatic nitrogens is 1. The Morgan fingerprint density at radius 3 is 2.55 bits per heavy atom. The Morgan fingerprint density at radius 1 is 1.09 bits per heavy atom. The number of aliphatic hydroxyl groups is 1. The van der Waals surface area contributed by atoms with Gasteiger partial charge in [0.1, 0.15) is 5.70 Å². The molecule has 1 heterocycles. The van der Waals surface area contributed by atoms with E-state index in [1.165, 1.54) is 14.2 Å². The van der Waals surface area contributed by atoms with Crippen LogP contribution in [-0.2, 0) is 11.3 Å². The molecule has 3 aromatic rings. The zero-order valence-corrected chi connectivity index (χ0v) is 19.1. The number of nitrogens with zero attached hydrogens (tertiary/aromatic N) is 1. The molecule has 0 spiro atoms. The summed E-state index contributed by atoms with van der Waals surface area (Å²) in [4.78, 5) is 25.9. The number of carbonyl (C=O) groups is 2. The number of hydrogen-bond donors (Lipinski definition) is 3. The Morgan fingerprint density at radius 2 is 1.85 bits per heavy atom. The van der Waals surface area contributed by atoms with Crippen molar-refractivity contribution in [2.75, 3.05) is 27.4 Å². The summed E-state index contributed by atoms with van der Waals surface area (Å²) in [7, 11) is 3.00. The summed E-state index contributed by atoms with van der Waals surface area (Å²) in [6.07, 6.45) is 4.04. The van der Waals surface area contributed by atoms with E-state index in [0.717, 1.165) is 23.0 Å². The molecule has 2 aromatic carbocycles. The summed E-state index contributed by atoms with van der Waals surface area (Å²) < 4.78 is 12.6. The lowest BCUT2D eigenvalue weighted by molar-refractivity contribution is -0.117. The highest BCUT2D eigenvalue weighted by molar-refractivity contribution is 6.06. The van der Waals surface area contributed by atoms with E-state index in [-0.39, 0.29) is 18.8 Å². The highest BCUT2D eigenvalue weighted by Crippen LogP contribution is 2.28. The summed E-state index contributed by atoms with van der Waals surface area (Å²) in [5, 5.41) is 15.5. The van der Waals surface area contributed by atoms with Crippen molar-refractivity contribution in [2.45, 2.75) is 19.9 Å². The molecule has 0 unspecified atom stereocenters. The van der Waals surface area contributed by atoms with Gasteiger partial charge in [0.15, 0.2) is 11.5 Å². The number of fused-ring (bicyclic) bond motifs is 1. The van der Waals surface area contributed by atoms with Gasteiger partial charge in [-0.3, -0.25) is 9.59 Å². The van der Waals surface area contributed by atoms with Crippen LogP contribution < -0.4 is 20.1 Å². The molecular weight excluding hydrogens is 422 g/mol. The first kappa shape index (κ1) is 23.9. The average Bonchev–Trinajstić information content (AvgIpc) is 3.20. The van der Waals surface area contributed by atoms with Crippen molar-refractivity contribution in [2.24, 2.45) is 0 Å². The van der Waals surface area contributed by atoms with Crippen LogP contribution >= 0.6 is 0 Å². The van der Waals surface area contributed by atoms with Crippen LogP contribution in [-0.4, -0.2) is 48.9 Å². The predicted octanol–water partition coefficient (Wildman–Crippen LogP) is 2.95. The van der Waals surface area contributed by atoms with E-state index < -0.39 is 11.8 Å². The fourth-order valence-electron chi connectivity index (χ4n) is 3.51. The van der Waals surface area contributed by atoms with Gasteiger partial charge in [-0.1, -0.05) is 18.2 Å². The second kappa shape index (κ2) is 11.2. The number of para-hydroxylation sites is 1. The highest BCUT2D eigenvalue weighted by atomic mass is 16.5. The molecule has 174 valence electrons. The Balaban J connectivity index is 1.97. The predicted molar refractivity (Wildman–Crippen MR) is 127 cm³/mol. The van der Waals surface area contributed by atoms with Gasteiger partial charge in [0.25, 0.3) is 11.8 Å². The largest absolute Gasteiger partial charge is 0.493 e. The third kappa shape index (κ3) is 5.53. The third-order valence-electron chi connectivity index (χ3n) is 5.22. The molecule has 0 saturated carbocycles. The van der Waals surface area contributed by atoms with Gasteiger partial charge in [-0.05, 0) is 43.7 Å². The zero-order chi connectivity index (χ0) is 23.8. The molecule has 0 aliphatic carbocycles. The zero-order valence-electron chi connectivity index (χ0n) is 19.1. The maximum atomic E-state index is 13.0. The number of carbonyl (C=O) groups excluding carboxylic acids is 2. The molecule has 8 heteroatoms. The van der Waals surface area contributed by atoms with Crippen LogP contribution in [0.2, 0.25) is 0 Å². The molecule has 0 radical (unpaired) electrons. The van der Waals surface area contributed by atoms with Gasteiger partial charge in [-0.15, -0.1) is 0 Å². The highest BCUT2D eigenvalue weighted by Gasteiger charge is 2.17. The van der Waals surface area contributed by atoms with Crippen molar-refractivity contribution in [3.63, 3.8) is 0 Å². The lowest BCUT2D eigenvalue weighted by atomic mass is 10.1. The summed E-state index contributed by atoms with van der Waals surface area (Å²) >= 11 is 0. The van der Waals surface area contributed by atoms with Gasteiger partial charge in [0, 0.05) is 47.9 Å². The van der Waals surface area contributed by atoms with Crippen LogP contribution in [0.25, 0.3) is 17.0 Å². The van der Waals surface area contributed by atoms with Crippen molar-refractivity contribution in [1.82, 2.24) is 15.2 Å². The third-order valence-corrected chi connectivity index (χ3v) is 5.22. The second-order valence-electron chi connectivity index (χ2n) is 7.30. The van der Waals surface area contributed by atoms with E-state index in [9.17, 15) is 9.59 Å². The molecule has 0 saturated heterocycles. The topological polar surface area (TPSA) is 102 Å². The molecule has 33 heavy (non-hydrogen) atoms. The summed E-state index contributed by atoms with van der Waals surface area (Å²) in [5.74, 6) is 0.0115. The second-order valence-corrected chi connectivity index (χ2v) is 7.30. The van der Waals surface area contributed by atoms with Gasteiger partial charge < -0.3 is 29.8 Å². The Bertz CT molecular complexity index is 1170. The minimum atomic E-state index is -0.459. The quantitative estimate of drug-likeness (QED) is 0.325. The van der Waals surface area contributed by atoms with Crippen LogP contribution in [0.1, 0.15) is 29.3 Å². The first-order valence-electron chi connectivity index (χ1n) is 10.7. The van der Waals surface area contributed by atoms with Crippen molar-refractivity contribution in [3.05, 3.63) is 65.5 Å².